The van der Waals surface area contributed by atoms with E-state index in [1.807, 2.05) is 24.3 Å². The third kappa shape index (κ3) is 4.04. The largest absolute Gasteiger partial charge is 0.394 e. The van der Waals surface area contributed by atoms with Crippen molar-refractivity contribution < 1.29 is 0 Å². The highest BCUT2D eigenvalue weighted by molar-refractivity contribution is 7.99. The first-order chi connectivity index (χ1) is 11.1. The average Bonchev–Trinajstić information content (AvgIpc) is 2.55. The highest BCUT2D eigenvalue weighted by Gasteiger charge is 2.10. The lowest BCUT2D eigenvalue weighted by atomic mass is 10.4. The van der Waals surface area contributed by atoms with Crippen LogP contribution in [0.25, 0.3) is 0 Å². The Morgan fingerprint density at radius 1 is 0.913 bits per heavy atom. The number of nitrogens with one attached hydrogen (secondary N) is 1. The summed E-state index contributed by atoms with van der Waals surface area (Å²) in [5.41, 5.74) is 6.60. The van der Waals surface area contributed by atoms with Crippen LogP contribution in [0.2, 0.25) is 10.0 Å². The van der Waals surface area contributed by atoms with Crippen molar-refractivity contribution in [3.63, 3.8) is 0 Å². The Hall–Kier alpha value is -2.02. The Morgan fingerprint density at radius 3 is 2.35 bits per heavy atom. The first kappa shape index (κ1) is 15.9. The molecule has 3 rings (SSSR count). The van der Waals surface area contributed by atoms with Gasteiger partial charge in [0, 0.05) is 16.1 Å². The molecule has 2 aromatic heterocycles. The number of aromatic nitrogens is 3. The van der Waals surface area contributed by atoms with E-state index in [2.05, 4.69) is 20.3 Å². The minimum Gasteiger partial charge on any atom is -0.394 e. The van der Waals surface area contributed by atoms with Gasteiger partial charge in [0.25, 0.3) is 0 Å². The van der Waals surface area contributed by atoms with Crippen molar-refractivity contribution in [3.05, 3.63) is 59.0 Å². The van der Waals surface area contributed by atoms with Crippen molar-refractivity contribution in [1.82, 2.24) is 15.0 Å². The normalized spacial score (nSPS) is 10.5. The summed E-state index contributed by atoms with van der Waals surface area (Å²) in [6.07, 6.45) is 3.00. The van der Waals surface area contributed by atoms with E-state index in [1.54, 1.807) is 18.3 Å². The van der Waals surface area contributed by atoms with E-state index in [1.165, 1.54) is 18.1 Å². The lowest BCUT2D eigenvalue weighted by molar-refractivity contribution is 1.06. The first-order valence-corrected chi connectivity index (χ1v) is 8.11. The smallest absolute Gasteiger partial charge is 0.159 e. The summed E-state index contributed by atoms with van der Waals surface area (Å²) in [6.45, 7) is 0. The van der Waals surface area contributed by atoms with Crippen molar-refractivity contribution in [2.24, 2.45) is 0 Å². The minimum atomic E-state index is 0.448. The van der Waals surface area contributed by atoms with Gasteiger partial charge in [0.2, 0.25) is 0 Å². The number of halogens is 2. The zero-order valence-corrected chi connectivity index (χ0v) is 14.0. The van der Waals surface area contributed by atoms with Crippen LogP contribution in [0.4, 0.5) is 17.3 Å². The van der Waals surface area contributed by atoms with Crippen molar-refractivity contribution in [1.29, 1.82) is 0 Å². The van der Waals surface area contributed by atoms with Crippen molar-refractivity contribution in [2.45, 2.75) is 9.92 Å². The third-order valence-electron chi connectivity index (χ3n) is 2.85. The summed E-state index contributed by atoms with van der Waals surface area (Å²) in [5, 5.41) is 4.95. The first-order valence-electron chi connectivity index (χ1n) is 6.54. The second kappa shape index (κ2) is 7.04. The number of hydrogen-bond donors (Lipinski definition) is 2. The summed E-state index contributed by atoms with van der Waals surface area (Å²) < 4.78 is 0. The number of nitrogen functional groups attached to an aromatic ring is 1. The molecule has 0 amide bonds. The molecule has 0 saturated carbocycles. The van der Waals surface area contributed by atoms with Gasteiger partial charge >= 0.3 is 0 Å². The molecule has 23 heavy (non-hydrogen) atoms. The van der Waals surface area contributed by atoms with Crippen molar-refractivity contribution in [3.8, 4) is 0 Å². The molecule has 0 fully saturated rings. The van der Waals surface area contributed by atoms with Gasteiger partial charge in [-0.1, -0.05) is 35.0 Å². The van der Waals surface area contributed by atoms with E-state index in [0.717, 1.165) is 4.90 Å². The second-order valence-electron chi connectivity index (χ2n) is 4.48. The molecule has 0 atom stereocenters. The summed E-state index contributed by atoms with van der Waals surface area (Å²) in [6, 6.07) is 10.9. The average molecular weight is 364 g/mol. The second-order valence-corrected chi connectivity index (χ2v) is 6.42. The predicted molar refractivity (Wildman–Crippen MR) is 94.5 cm³/mol. The van der Waals surface area contributed by atoms with Crippen molar-refractivity contribution >= 4 is 52.3 Å². The fourth-order valence-corrected chi connectivity index (χ4v) is 2.79. The van der Waals surface area contributed by atoms with Crippen LogP contribution in [0.15, 0.2) is 58.8 Å². The molecule has 0 saturated heterocycles. The zero-order chi connectivity index (χ0) is 16.2. The van der Waals surface area contributed by atoms with Crippen LogP contribution < -0.4 is 11.1 Å². The van der Waals surface area contributed by atoms with Crippen LogP contribution in [0, 0.1) is 0 Å². The van der Waals surface area contributed by atoms with Gasteiger partial charge in [-0.15, -0.1) is 0 Å². The lowest BCUT2D eigenvalue weighted by Crippen LogP contribution is -2.03. The Kier molecular flexibility index (Phi) is 4.85. The van der Waals surface area contributed by atoms with Crippen LogP contribution >= 0.6 is 35.0 Å². The third-order valence-corrected chi connectivity index (χ3v) is 4.35. The fraction of sp³-hybridized carbons (Fsp3) is 0. The molecule has 0 spiro atoms. The van der Waals surface area contributed by atoms with Gasteiger partial charge in [0.05, 0.1) is 5.02 Å². The molecule has 0 bridgehead atoms. The molecule has 0 aliphatic carbocycles. The molecule has 3 N–H and O–H groups in total. The van der Waals surface area contributed by atoms with Gasteiger partial charge in [0.1, 0.15) is 22.9 Å². The summed E-state index contributed by atoms with van der Waals surface area (Å²) >= 11 is 13.1. The number of rotatable bonds is 4. The van der Waals surface area contributed by atoms with Gasteiger partial charge in [0.15, 0.2) is 5.82 Å². The van der Waals surface area contributed by atoms with Crippen LogP contribution in [0.1, 0.15) is 0 Å². The number of benzene rings is 1. The molecule has 3 aromatic rings. The van der Waals surface area contributed by atoms with Crippen LogP contribution in [0.5, 0.6) is 0 Å². The maximum Gasteiger partial charge on any atom is 0.159 e. The number of pyridine rings is 1. The highest BCUT2D eigenvalue weighted by Crippen LogP contribution is 2.34. The molecule has 8 heteroatoms. The lowest BCUT2D eigenvalue weighted by Gasteiger charge is -2.10. The Labute approximate surface area is 147 Å². The van der Waals surface area contributed by atoms with Gasteiger partial charge in [-0.25, -0.2) is 15.0 Å². The monoisotopic (exact) mass is 363 g/mol. The van der Waals surface area contributed by atoms with Crippen molar-refractivity contribution in [2.75, 3.05) is 11.1 Å². The molecular formula is C15H11Cl2N5S. The molecule has 0 aliphatic rings. The Bertz CT molecular complexity index is 743. The minimum absolute atomic E-state index is 0.448. The highest BCUT2D eigenvalue weighted by atomic mass is 35.5. The van der Waals surface area contributed by atoms with Crippen LogP contribution in [-0.2, 0) is 0 Å². The SMILES string of the molecule is Nc1c(Nc2ccc(Cl)cn2)ncnc1Sc1ccc(Cl)cc1. The number of anilines is 3. The van der Waals surface area contributed by atoms with E-state index in [0.29, 0.717) is 32.4 Å². The molecule has 1 aromatic carbocycles. The Morgan fingerprint density at radius 2 is 1.65 bits per heavy atom. The number of hydrogen-bond acceptors (Lipinski definition) is 6. The summed E-state index contributed by atoms with van der Waals surface area (Å²) in [7, 11) is 0. The number of nitrogens with two attached hydrogens (primary N) is 1. The maximum absolute atomic E-state index is 6.15. The van der Waals surface area contributed by atoms with E-state index in [-0.39, 0.29) is 0 Å². The molecular weight excluding hydrogens is 353 g/mol. The van der Waals surface area contributed by atoms with E-state index >= 15 is 0 Å². The summed E-state index contributed by atoms with van der Waals surface area (Å²) in [4.78, 5) is 13.5. The maximum atomic E-state index is 6.15. The van der Waals surface area contributed by atoms with Gasteiger partial charge < -0.3 is 11.1 Å². The molecule has 2 heterocycles. The van der Waals surface area contributed by atoms with E-state index in [9.17, 15) is 0 Å². The molecule has 0 aliphatic heterocycles. The predicted octanol–water partition coefficient (Wildman–Crippen LogP) is 4.66. The zero-order valence-electron chi connectivity index (χ0n) is 11.7. The van der Waals surface area contributed by atoms with E-state index < -0.39 is 0 Å². The Balaban J connectivity index is 1.83. The quantitative estimate of drug-likeness (QED) is 0.656. The topological polar surface area (TPSA) is 76.7 Å². The van der Waals surface area contributed by atoms with E-state index in [4.69, 9.17) is 28.9 Å². The standard InChI is InChI=1S/C15H11Cl2N5S/c16-9-1-4-11(5-2-9)23-15-13(18)14(20-8-21-15)22-12-6-3-10(17)7-19-12/h1-8H,18H2,(H,19,20,21,22). The van der Waals surface area contributed by atoms with Gasteiger partial charge in [-0.3, -0.25) is 0 Å². The molecule has 116 valence electrons. The molecule has 0 unspecified atom stereocenters. The van der Waals surface area contributed by atoms with Crippen LogP contribution in [-0.4, -0.2) is 15.0 Å². The fourth-order valence-electron chi connectivity index (χ4n) is 1.75. The molecule has 5 nitrogen and oxygen atoms in total. The number of nitrogens with zero attached hydrogens (tertiary/aromatic N) is 3. The van der Waals surface area contributed by atoms with Gasteiger partial charge in [-0.05, 0) is 36.4 Å². The van der Waals surface area contributed by atoms with Gasteiger partial charge in [-0.2, -0.15) is 0 Å². The van der Waals surface area contributed by atoms with Crippen LogP contribution in [0.3, 0.4) is 0 Å². The molecule has 0 radical (unpaired) electrons. The summed E-state index contributed by atoms with van der Waals surface area (Å²) in [5.74, 6) is 1.09.